The van der Waals surface area contributed by atoms with Crippen LogP contribution in [0.15, 0.2) is 24.3 Å². The molecule has 0 saturated heterocycles. The molecule has 0 aliphatic heterocycles. The molecule has 1 atom stereocenters. The van der Waals surface area contributed by atoms with Crippen LogP contribution in [0.5, 0.6) is 0 Å². The van der Waals surface area contributed by atoms with Gasteiger partial charge in [0.25, 0.3) is 0 Å². The number of rotatable bonds is 6. The number of nitrogens with one attached hydrogen (secondary N) is 1. The van der Waals surface area contributed by atoms with Gasteiger partial charge in [-0.2, -0.15) is 0 Å². The minimum atomic E-state index is 0.287. The molecule has 0 radical (unpaired) electrons. The topological polar surface area (TPSA) is 24.9 Å². The first-order chi connectivity index (χ1) is 9.00. The van der Waals surface area contributed by atoms with Crippen molar-refractivity contribution in [1.82, 2.24) is 10.3 Å². The van der Waals surface area contributed by atoms with Gasteiger partial charge in [-0.3, -0.25) is 0 Å². The Morgan fingerprint density at radius 2 is 2.05 bits per heavy atom. The summed E-state index contributed by atoms with van der Waals surface area (Å²) in [7, 11) is 0. The number of para-hydroxylation sites is 1. The van der Waals surface area contributed by atoms with Gasteiger partial charge in [0.2, 0.25) is 0 Å². The number of aromatic nitrogens is 1. The maximum absolute atomic E-state index is 4.75. The minimum absolute atomic E-state index is 0.287. The SMILES string of the molecule is CCNC(C)CC(C)(C)Cc1nc2ccccc2s1. The van der Waals surface area contributed by atoms with Crippen LogP contribution in [0.2, 0.25) is 0 Å². The lowest BCUT2D eigenvalue weighted by molar-refractivity contribution is 0.288. The van der Waals surface area contributed by atoms with Gasteiger partial charge < -0.3 is 5.32 Å². The Bertz CT molecular complexity index is 497. The van der Waals surface area contributed by atoms with Gasteiger partial charge in [0.15, 0.2) is 0 Å². The minimum Gasteiger partial charge on any atom is -0.315 e. The van der Waals surface area contributed by atoms with Gasteiger partial charge in [-0.1, -0.05) is 32.9 Å². The second-order valence-electron chi connectivity index (χ2n) is 6.08. The summed E-state index contributed by atoms with van der Waals surface area (Å²) in [5, 5.41) is 4.76. The van der Waals surface area contributed by atoms with Crippen molar-refractivity contribution in [3.05, 3.63) is 29.3 Å². The molecule has 0 amide bonds. The van der Waals surface area contributed by atoms with Crippen LogP contribution in [0.25, 0.3) is 10.2 Å². The fourth-order valence-electron chi connectivity index (χ4n) is 2.73. The average molecular weight is 276 g/mol. The fraction of sp³-hybridized carbons (Fsp3) is 0.562. The Hall–Kier alpha value is -0.930. The number of fused-ring (bicyclic) bond motifs is 1. The molecule has 1 heterocycles. The molecule has 2 aromatic rings. The first kappa shape index (κ1) is 14.5. The van der Waals surface area contributed by atoms with Crippen LogP contribution < -0.4 is 5.32 Å². The lowest BCUT2D eigenvalue weighted by Gasteiger charge is -2.27. The second kappa shape index (κ2) is 6.02. The van der Waals surface area contributed by atoms with Crippen molar-refractivity contribution in [2.75, 3.05) is 6.54 Å². The molecule has 1 N–H and O–H groups in total. The quantitative estimate of drug-likeness (QED) is 0.853. The molecule has 2 rings (SSSR count). The Morgan fingerprint density at radius 1 is 1.32 bits per heavy atom. The first-order valence-corrected chi connectivity index (χ1v) is 7.89. The molecule has 0 aliphatic rings. The summed E-state index contributed by atoms with van der Waals surface area (Å²) >= 11 is 1.83. The lowest BCUT2D eigenvalue weighted by atomic mass is 9.83. The van der Waals surface area contributed by atoms with Gasteiger partial charge in [-0.05, 0) is 37.4 Å². The van der Waals surface area contributed by atoms with Crippen molar-refractivity contribution < 1.29 is 0 Å². The van der Waals surface area contributed by atoms with E-state index in [1.807, 2.05) is 11.3 Å². The van der Waals surface area contributed by atoms with E-state index in [4.69, 9.17) is 4.98 Å². The van der Waals surface area contributed by atoms with Gasteiger partial charge in [0.05, 0.1) is 15.2 Å². The van der Waals surface area contributed by atoms with Crippen molar-refractivity contribution in [3.8, 4) is 0 Å². The molecule has 19 heavy (non-hydrogen) atoms. The number of hydrogen-bond acceptors (Lipinski definition) is 3. The van der Waals surface area contributed by atoms with E-state index in [1.54, 1.807) is 0 Å². The summed E-state index contributed by atoms with van der Waals surface area (Å²) in [6.45, 7) is 10.2. The molecule has 2 nitrogen and oxygen atoms in total. The average Bonchev–Trinajstić information content (AvgIpc) is 2.69. The molecular weight excluding hydrogens is 252 g/mol. The van der Waals surface area contributed by atoms with Gasteiger partial charge in [-0.25, -0.2) is 4.98 Å². The summed E-state index contributed by atoms with van der Waals surface area (Å²) in [6.07, 6.45) is 2.23. The third kappa shape index (κ3) is 4.02. The van der Waals surface area contributed by atoms with Crippen LogP contribution in [0.3, 0.4) is 0 Å². The molecule has 0 aliphatic carbocycles. The Kier molecular flexibility index (Phi) is 4.58. The summed E-state index contributed by atoms with van der Waals surface area (Å²) in [6, 6.07) is 8.97. The largest absolute Gasteiger partial charge is 0.315 e. The number of benzene rings is 1. The smallest absolute Gasteiger partial charge is 0.0943 e. The highest BCUT2D eigenvalue weighted by Crippen LogP contribution is 2.31. The predicted molar refractivity (Wildman–Crippen MR) is 84.9 cm³/mol. The molecular formula is C16H24N2S. The zero-order valence-electron chi connectivity index (χ0n) is 12.4. The van der Waals surface area contributed by atoms with Crippen LogP contribution in [0.4, 0.5) is 0 Å². The number of nitrogens with zero attached hydrogens (tertiary/aromatic N) is 1. The number of hydrogen-bond donors (Lipinski definition) is 1. The molecule has 1 aromatic carbocycles. The zero-order valence-corrected chi connectivity index (χ0v) is 13.2. The molecule has 1 unspecified atom stereocenters. The van der Waals surface area contributed by atoms with E-state index in [1.165, 1.54) is 16.1 Å². The molecule has 0 fully saturated rings. The predicted octanol–water partition coefficient (Wildman–Crippen LogP) is 4.25. The second-order valence-corrected chi connectivity index (χ2v) is 7.19. The monoisotopic (exact) mass is 276 g/mol. The van der Waals surface area contributed by atoms with Crippen LogP contribution in [-0.4, -0.2) is 17.6 Å². The Labute approximate surface area is 120 Å². The molecule has 3 heteroatoms. The van der Waals surface area contributed by atoms with Crippen molar-refractivity contribution in [2.45, 2.75) is 46.6 Å². The zero-order chi connectivity index (χ0) is 13.9. The Balaban J connectivity index is 2.06. The maximum Gasteiger partial charge on any atom is 0.0943 e. The van der Waals surface area contributed by atoms with Crippen LogP contribution in [0, 0.1) is 5.41 Å². The van der Waals surface area contributed by atoms with E-state index in [0.717, 1.165) is 18.5 Å². The molecule has 0 saturated carbocycles. The summed E-state index contributed by atoms with van der Waals surface area (Å²) in [5.74, 6) is 0. The third-order valence-electron chi connectivity index (χ3n) is 3.38. The van der Waals surface area contributed by atoms with E-state index >= 15 is 0 Å². The van der Waals surface area contributed by atoms with Crippen molar-refractivity contribution in [2.24, 2.45) is 5.41 Å². The first-order valence-electron chi connectivity index (χ1n) is 7.08. The summed E-state index contributed by atoms with van der Waals surface area (Å²) in [5.41, 5.74) is 1.42. The number of thiazole rings is 1. The fourth-order valence-corrected chi connectivity index (χ4v) is 3.95. The van der Waals surface area contributed by atoms with Crippen LogP contribution in [0.1, 0.15) is 39.1 Å². The van der Waals surface area contributed by atoms with E-state index < -0.39 is 0 Å². The molecule has 1 aromatic heterocycles. The summed E-state index contributed by atoms with van der Waals surface area (Å²) < 4.78 is 1.30. The Morgan fingerprint density at radius 3 is 2.74 bits per heavy atom. The van der Waals surface area contributed by atoms with Crippen molar-refractivity contribution >= 4 is 21.6 Å². The maximum atomic E-state index is 4.75. The van der Waals surface area contributed by atoms with Crippen molar-refractivity contribution in [3.63, 3.8) is 0 Å². The summed E-state index contributed by atoms with van der Waals surface area (Å²) in [4.78, 5) is 4.75. The lowest BCUT2D eigenvalue weighted by Crippen LogP contribution is -2.32. The van der Waals surface area contributed by atoms with Crippen LogP contribution in [-0.2, 0) is 6.42 Å². The normalized spacial score (nSPS) is 13.9. The van der Waals surface area contributed by atoms with E-state index in [0.29, 0.717) is 6.04 Å². The van der Waals surface area contributed by atoms with E-state index in [-0.39, 0.29) is 5.41 Å². The third-order valence-corrected chi connectivity index (χ3v) is 4.42. The van der Waals surface area contributed by atoms with Gasteiger partial charge in [-0.15, -0.1) is 11.3 Å². The van der Waals surface area contributed by atoms with E-state index in [2.05, 4.69) is 57.3 Å². The van der Waals surface area contributed by atoms with E-state index in [9.17, 15) is 0 Å². The van der Waals surface area contributed by atoms with Gasteiger partial charge in [0, 0.05) is 12.5 Å². The van der Waals surface area contributed by atoms with Crippen LogP contribution >= 0.6 is 11.3 Å². The van der Waals surface area contributed by atoms with Crippen molar-refractivity contribution in [1.29, 1.82) is 0 Å². The highest BCUT2D eigenvalue weighted by Gasteiger charge is 2.23. The highest BCUT2D eigenvalue weighted by atomic mass is 32.1. The van der Waals surface area contributed by atoms with Gasteiger partial charge in [0.1, 0.15) is 0 Å². The van der Waals surface area contributed by atoms with Gasteiger partial charge >= 0.3 is 0 Å². The molecule has 0 spiro atoms. The molecule has 0 bridgehead atoms. The highest BCUT2D eigenvalue weighted by molar-refractivity contribution is 7.18. The molecule has 104 valence electrons. The standard InChI is InChI=1S/C16H24N2S/c1-5-17-12(2)10-16(3,4)11-15-18-13-8-6-7-9-14(13)19-15/h6-9,12,17H,5,10-11H2,1-4H3.